The van der Waals surface area contributed by atoms with Gasteiger partial charge >= 0.3 is 151 Å². The van der Waals surface area contributed by atoms with E-state index >= 15 is 0 Å². The molecule has 2 heterocycles. The molecule has 4 rings (SSSR count). The number of nitrogens with zero attached hydrogens (tertiary/aromatic N) is 1. The molecule has 0 saturated heterocycles. The molecular weight excluding hydrogens is 367 g/mol. The first-order chi connectivity index (χ1) is 11.9. The first-order valence-electron chi connectivity index (χ1n) is 8.77. The summed E-state index contributed by atoms with van der Waals surface area (Å²) < 4.78 is 10.0. The Bertz CT molecular complexity index is 1100. The Labute approximate surface area is 151 Å². The van der Waals surface area contributed by atoms with Gasteiger partial charge in [0.2, 0.25) is 0 Å². The summed E-state index contributed by atoms with van der Waals surface area (Å²) in [5, 5.41) is 2.37. The molecule has 4 aromatic rings. The summed E-state index contributed by atoms with van der Waals surface area (Å²) in [6, 6.07) is 17.2. The van der Waals surface area contributed by atoms with Gasteiger partial charge in [-0.1, -0.05) is 0 Å². The molecule has 0 spiro atoms. The summed E-state index contributed by atoms with van der Waals surface area (Å²) in [4.78, 5) is 0. The summed E-state index contributed by atoms with van der Waals surface area (Å²) in [5.41, 5.74) is 5.59. The fraction of sp³-hybridized carbons (Fsp3) is 0.227. The Morgan fingerprint density at radius 1 is 0.880 bits per heavy atom. The molecule has 0 aliphatic rings. The number of aromatic nitrogens is 1. The fourth-order valence-corrected chi connectivity index (χ4v) is 5.96. The molecule has 0 unspecified atom stereocenters. The molecule has 126 valence electrons. The number of aryl methyl sites for hydroxylation is 2. The third-order valence-corrected chi connectivity index (χ3v) is 9.27. The first-order valence-corrected chi connectivity index (χ1v) is 16.1. The average molecular weight is 391 g/mol. The maximum atomic E-state index is 6.27. The minimum absolute atomic E-state index is 0.952. The van der Waals surface area contributed by atoms with E-state index in [4.69, 9.17) is 4.42 Å². The van der Waals surface area contributed by atoms with Crippen LogP contribution in [0.25, 0.3) is 33.2 Å². The standard InChI is InChI=1S/C22H24GeNO/c1-15-10-12-18-17-8-6-7-9-20(17)25-22(18)21(15)19-13-11-16(14-24(19)5)23(2,3)4/h6-14H,1-5H3/q+1. The molecule has 0 N–H and O–H groups in total. The van der Waals surface area contributed by atoms with Crippen LogP contribution in [0.5, 0.6) is 0 Å². The van der Waals surface area contributed by atoms with Crippen LogP contribution in [0, 0.1) is 6.92 Å². The van der Waals surface area contributed by atoms with E-state index in [1.165, 1.54) is 32.0 Å². The van der Waals surface area contributed by atoms with Crippen molar-refractivity contribution in [1.29, 1.82) is 0 Å². The molecular formula is C22H24GeNO+. The van der Waals surface area contributed by atoms with E-state index in [-0.39, 0.29) is 0 Å². The van der Waals surface area contributed by atoms with Crippen molar-refractivity contribution < 1.29 is 8.98 Å². The SMILES string of the molecule is Cc1ccc2c(oc3ccccc32)c1-c1cc[c]([Ge]([CH3])([CH3])[CH3])c[n+]1C. The van der Waals surface area contributed by atoms with Crippen molar-refractivity contribution in [3.05, 3.63) is 60.3 Å². The molecule has 0 aliphatic heterocycles. The Kier molecular flexibility index (Phi) is 3.76. The number of hydrogen-bond acceptors (Lipinski definition) is 1. The van der Waals surface area contributed by atoms with E-state index in [0.29, 0.717) is 0 Å². The quantitative estimate of drug-likeness (QED) is 0.350. The summed E-state index contributed by atoms with van der Waals surface area (Å²) in [7, 11) is 2.15. The van der Waals surface area contributed by atoms with Crippen molar-refractivity contribution in [3.63, 3.8) is 0 Å². The summed E-state index contributed by atoms with van der Waals surface area (Å²) in [5.74, 6) is 7.29. The van der Waals surface area contributed by atoms with Crippen LogP contribution in [0.2, 0.25) is 17.3 Å². The number of fused-ring (bicyclic) bond motifs is 3. The predicted octanol–water partition coefficient (Wildman–Crippen LogP) is 4.93. The summed E-state index contributed by atoms with van der Waals surface area (Å²) in [6.07, 6.45) is 2.32. The van der Waals surface area contributed by atoms with Crippen LogP contribution >= 0.6 is 0 Å². The minimum atomic E-state index is -1.84. The van der Waals surface area contributed by atoms with Gasteiger partial charge in [-0.3, -0.25) is 0 Å². The normalized spacial score (nSPS) is 12.2. The molecule has 3 heteroatoms. The van der Waals surface area contributed by atoms with Gasteiger partial charge < -0.3 is 0 Å². The van der Waals surface area contributed by atoms with Gasteiger partial charge in [-0.25, -0.2) is 0 Å². The Morgan fingerprint density at radius 2 is 1.64 bits per heavy atom. The summed E-state index contributed by atoms with van der Waals surface area (Å²) in [6.45, 7) is 2.16. The van der Waals surface area contributed by atoms with Gasteiger partial charge in [0.1, 0.15) is 0 Å². The zero-order valence-electron chi connectivity index (χ0n) is 15.6. The monoisotopic (exact) mass is 392 g/mol. The number of benzene rings is 2. The number of para-hydroxylation sites is 1. The van der Waals surface area contributed by atoms with E-state index in [9.17, 15) is 0 Å². The van der Waals surface area contributed by atoms with E-state index in [1.54, 1.807) is 0 Å². The van der Waals surface area contributed by atoms with Crippen molar-refractivity contribution in [2.75, 3.05) is 0 Å². The molecule has 0 saturated carbocycles. The number of hydrogen-bond donors (Lipinski definition) is 0. The van der Waals surface area contributed by atoms with Crippen LogP contribution < -0.4 is 8.96 Å². The zero-order chi connectivity index (χ0) is 17.8. The van der Waals surface area contributed by atoms with Crippen LogP contribution in [-0.4, -0.2) is 13.3 Å². The van der Waals surface area contributed by atoms with Crippen LogP contribution in [-0.2, 0) is 7.05 Å². The Morgan fingerprint density at radius 3 is 2.36 bits per heavy atom. The van der Waals surface area contributed by atoms with Crippen LogP contribution in [0.4, 0.5) is 0 Å². The van der Waals surface area contributed by atoms with Crippen molar-refractivity contribution in [2.45, 2.75) is 24.2 Å². The number of rotatable bonds is 2. The molecule has 0 radical (unpaired) electrons. The summed E-state index contributed by atoms with van der Waals surface area (Å²) >= 11 is -1.84. The van der Waals surface area contributed by atoms with Gasteiger partial charge in [0.15, 0.2) is 0 Å². The zero-order valence-corrected chi connectivity index (χ0v) is 17.6. The molecule has 25 heavy (non-hydrogen) atoms. The van der Waals surface area contributed by atoms with Crippen molar-refractivity contribution in [1.82, 2.24) is 0 Å². The molecule has 0 aliphatic carbocycles. The topological polar surface area (TPSA) is 17.0 Å². The van der Waals surface area contributed by atoms with Gasteiger partial charge in [0.25, 0.3) is 0 Å². The molecule has 0 bridgehead atoms. The Hall–Kier alpha value is -2.07. The molecule has 0 atom stereocenters. The predicted molar refractivity (Wildman–Crippen MR) is 108 cm³/mol. The van der Waals surface area contributed by atoms with Crippen molar-refractivity contribution >= 4 is 39.6 Å². The average Bonchev–Trinajstić information content (AvgIpc) is 2.93. The number of pyridine rings is 1. The van der Waals surface area contributed by atoms with E-state index < -0.39 is 13.3 Å². The second-order valence-corrected chi connectivity index (χ2v) is 18.5. The molecule has 2 aromatic carbocycles. The first kappa shape index (κ1) is 16.4. The van der Waals surface area contributed by atoms with Gasteiger partial charge in [-0.15, -0.1) is 0 Å². The van der Waals surface area contributed by atoms with Gasteiger partial charge in [0.05, 0.1) is 0 Å². The van der Waals surface area contributed by atoms with Crippen molar-refractivity contribution in [3.8, 4) is 11.3 Å². The molecule has 2 aromatic heterocycles. The van der Waals surface area contributed by atoms with Crippen molar-refractivity contribution in [2.24, 2.45) is 7.05 Å². The van der Waals surface area contributed by atoms with Crippen LogP contribution in [0.3, 0.4) is 0 Å². The van der Waals surface area contributed by atoms with Gasteiger partial charge in [-0.2, -0.15) is 0 Å². The molecule has 0 fully saturated rings. The maximum absolute atomic E-state index is 6.27. The third kappa shape index (κ3) is 2.69. The van der Waals surface area contributed by atoms with Gasteiger partial charge in [-0.05, 0) is 0 Å². The van der Waals surface area contributed by atoms with Crippen LogP contribution in [0.15, 0.2) is 59.1 Å². The fourth-order valence-electron chi connectivity index (χ4n) is 3.52. The van der Waals surface area contributed by atoms with Crippen LogP contribution in [0.1, 0.15) is 5.56 Å². The second kappa shape index (κ2) is 5.74. The molecule has 0 amide bonds. The van der Waals surface area contributed by atoms with E-state index in [0.717, 1.165) is 11.2 Å². The van der Waals surface area contributed by atoms with Gasteiger partial charge in [0, 0.05) is 0 Å². The van der Waals surface area contributed by atoms with E-state index in [1.807, 2.05) is 12.1 Å². The Balaban J connectivity index is 2.02. The third-order valence-electron chi connectivity index (χ3n) is 5.01. The number of furan rings is 1. The van der Waals surface area contributed by atoms with E-state index in [2.05, 4.69) is 78.4 Å². The molecule has 2 nitrogen and oxygen atoms in total. The second-order valence-electron chi connectivity index (χ2n) is 7.90.